The maximum atomic E-state index is 14.3. The van der Waals surface area contributed by atoms with Crippen LogP contribution in [0.3, 0.4) is 0 Å². The number of primary amides is 2. The van der Waals surface area contributed by atoms with Crippen LogP contribution in [0.1, 0.15) is 49.7 Å². The molecule has 0 saturated carbocycles. The lowest BCUT2D eigenvalue weighted by atomic mass is 10.0. The number of likely N-dealkylation sites (tertiary alicyclic amines) is 1. The molecule has 64 heavy (non-hydrogen) atoms. The summed E-state index contributed by atoms with van der Waals surface area (Å²) in [5, 5.41) is 40.5. The number of benzene rings is 2. The van der Waals surface area contributed by atoms with Crippen molar-refractivity contribution < 1.29 is 63.3 Å². The highest BCUT2D eigenvalue weighted by Gasteiger charge is 2.40. The number of carboxylic acids is 2. The number of carbonyl (C=O) groups excluding carboxylic acids is 8. The predicted molar refractivity (Wildman–Crippen MR) is 224 cm³/mol. The highest BCUT2D eigenvalue weighted by Crippen LogP contribution is 2.23. The molecule has 7 atom stereocenters. The molecule has 0 spiro atoms. The summed E-state index contributed by atoms with van der Waals surface area (Å²) in [5.41, 5.74) is 18.8. The van der Waals surface area contributed by atoms with Crippen molar-refractivity contribution in [3.63, 3.8) is 0 Å². The largest absolute Gasteiger partial charge is 0.481 e. The number of para-hydroxylation sites is 1. The second-order valence-electron chi connectivity index (χ2n) is 15.1. The van der Waals surface area contributed by atoms with Crippen molar-refractivity contribution in [3.05, 3.63) is 71.9 Å². The maximum absolute atomic E-state index is 14.3. The Hall–Kier alpha value is -7.40. The Kier molecular flexibility index (Phi) is 17.8. The molecule has 15 N–H and O–H groups in total. The number of aliphatic hydroxyl groups is 1. The number of rotatable bonds is 24. The Bertz CT molecular complexity index is 2220. The van der Waals surface area contributed by atoms with Crippen molar-refractivity contribution in [1.29, 1.82) is 0 Å². The number of carboxylic acid groups (broad SMARTS) is 2. The minimum atomic E-state index is -1.84. The van der Waals surface area contributed by atoms with Gasteiger partial charge in [-0.05, 0) is 42.9 Å². The predicted octanol–water partition coefficient (Wildman–Crippen LogP) is -3.61. The molecule has 23 nitrogen and oxygen atoms in total. The van der Waals surface area contributed by atoms with Gasteiger partial charge < -0.3 is 69.0 Å². The van der Waals surface area contributed by atoms with Crippen molar-refractivity contribution in [3.8, 4) is 0 Å². The molecule has 1 aromatic heterocycles. The van der Waals surface area contributed by atoms with Crippen molar-refractivity contribution in [1.82, 2.24) is 36.5 Å². The zero-order valence-electron chi connectivity index (χ0n) is 34.5. The van der Waals surface area contributed by atoms with Gasteiger partial charge >= 0.3 is 11.9 Å². The van der Waals surface area contributed by atoms with Crippen molar-refractivity contribution in [2.24, 2.45) is 17.2 Å². The molecule has 0 unspecified atom stereocenters. The number of hydrogen-bond acceptors (Lipinski definition) is 12. The van der Waals surface area contributed by atoms with Gasteiger partial charge in [-0.25, -0.2) is 4.79 Å². The third kappa shape index (κ3) is 14.1. The Morgan fingerprint density at radius 3 is 1.86 bits per heavy atom. The quantitative estimate of drug-likeness (QED) is 0.0414. The molecule has 344 valence electrons. The SMILES string of the molecule is NC(=O)C[C@H](NC(=O)[C@H](CCC(=O)O)NC(=O)[C@H](CC(N)=O)NC(=O)[C@@H](N)Cc1ccccc1)C(=O)N[C@@H](Cc1c[nH]c2ccccc12)C(=O)N1CCC[C@H]1C(=O)N[C@@H](CO)C(=O)O. The van der Waals surface area contributed by atoms with Gasteiger partial charge in [0, 0.05) is 36.5 Å². The number of aliphatic carboxylic acids is 2. The summed E-state index contributed by atoms with van der Waals surface area (Å²) in [6.07, 6.45) is -1.08. The van der Waals surface area contributed by atoms with Crippen LogP contribution in [0.2, 0.25) is 0 Å². The smallest absolute Gasteiger partial charge is 0.328 e. The van der Waals surface area contributed by atoms with Gasteiger partial charge in [0.1, 0.15) is 36.3 Å². The van der Waals surface area contributed by atoms with Crippen LogP contribution in [0.25, 0.3) is 10.9 Å². The molecule has 3 aromatic rings. The normalized spacial score (nSPS) is 16.2. The highest BCUT2D eigenvalue weighted by atomic mass is 16.4. The molecule has 0 bridgehead atoms. The molecule has 1 fully saturated rings. The standard InChI is InChI=1S/C41H52N10O13/c42-24(15-21-7-2-1-3-8-21)35(57)47-27(17-32(43)53)37(59)46-26(12-13-34(55)56)36(58)48-28(18-33(44)54)38(60)49-29(16-22-19-45-25-10-5-4-9-23(22)25)40(62)51-14-6-11-31(51)39(61)50-30(20-52)41(63)64/h1-5,7-10,19,24,26-31,45,52H,6,11-18,20,42H2,(H2,43,53)(H2,44,54)(H,46,59)(H,47,57)(H,48,58)(H,49,60)(H,50,61)(H,55,56)(H,63,64)/t24-,26-,27-,28-,29-,30-,31-/m0/s1. The van der Waals surface area contributed by atoms with E-state index >= 15 is 0 Å². The Balaban J connectivity index is 1.58. The second kappa shape index (κ2) is 23.2. The van der Waals surface area contributed by atoms with Gasteiger partial charge in [0.05, 0.1) is 25.5 Å². The molecule has 0 radical (unpaired) electrons. The van der Waals surface area contributed by atoms with Crippen molar-refractivity contribution >= 4 is 70.1 Å². The number of nitrogens with one attached hydrogen (secondary N) is 6. The number of carbonyl (C=O) groups is 10. The minimum absolute atomic E-state index is 0.0105. The zero-order valence-corrected chi connectivity index (χ0v) is 34.5. The maximum Gasteiger partial charge on any atom is 0.328 e. The van der Waals surface area contributed by atoms with Crippen LogP contribution in [0.15, 0.2) is 60.8 Å². The van der Waals surface area contributed by atoms with Gasteiger partial charge in [0.15, 0.2) is 0 Å². The Labute approximate surface area is 365 Å². The van der Waals surface area contributed by atoms with E-state index in [1.54, 1.807) is 60.8 Å². The zero-order chi connectivity index (χ0) is 47.1. The third-order valence-electron chi connectivity index (χ3n) is 10.3. The lowest BCUT2D eigenvalue weighted by molar-refractivity contribution is -0.145. The summed E-state index contributed by atoms with van der Waals surface area (Å²) in [4.78, 5) is 134. The van der Waals surface area contributed by atoms with Gasteiger partial charge in [0.25, 0.3) is 0 Å². The number of H-pyrrole nitrogens is 1. The lowest BCUT2D eigenvalue weighted by Gasteiger charge is -2.30. The van der Waals surface area contributed by atoms with E-state index in [9.17, 15) is 63.3 Å². The van der Waals surface area contributed by atoms with E-state index in [1.807, 2.05) is 0 Å². The summed E-state index contributed by atoms with van der Waals surface area (Å²) < 4.78 is 0. The first-order valence-corrected chi connectivity index (χ1v) is 20.2. The molecule has 0 aliphatic carbocycles. The molecule has 1 aliphatic heterocycles. The molecule has 8 amide bonds. The van der Waals surface area contributed by atoms with Crippen molar-refractivity contribution in [2.45, 2.75) is 93.7 Å². The fourth-order valence-electron chi connectivity index (χ4n) is 7.09. The molecule has 2 heterocycles. The van der Waals surface area contributed by atoms with Crippen LogP contribution in [0.4, 0.5) is 0 Å². The van der Waals surface area contributed by atoms with Crippen molar-refractivity contribution in [2.75, 3.05) is 13.2 Å². The topological polar surface area (TPSA) is 389 Å². The third-order valence-corrected chi connectivity index (χ3v) is 10.3. The first-order valence-electron chi connectivity index (χ1n) is 20.2. The van der Waals surface area contributed by atoms with Gasteiger partial charge in [0.2, 0.25) is 47.3 Å². The monoisotopic (exact) mass is 892 g/mol. The van der Waals surface area contributed by atoms with Gasteiger partial charge in [-0.3, -0.25) is 43.2 Å². The first kappa shape index (κ1) is 49.3. The molecule has 23 heteroatoms. The number of nitrogens with two attached hydrogens (primary N) is 3. The number of aromatic nitrogens is 1. The number of nitrogens with zero attached hydrogens (tertiary/aromatic N) is 1. The molecule has 1 aliphatic rings. The first-order chi connectivity index (χ1) is 30.4. The van der Waals surface area contributed by atoms with Gasteiger partial charge in [-0.15, -0.1) is 0 Å². The Morgan fingerprint density at radius 2 is 1.27 bits per heavy atom. The van der Waals surface area contributed by atoms with Crippen LogP contribution in [-0.2, 0) is 60.8 Å². The number of fused-ring (bicyclic) bond motifs is 1. The summed E-state index contributed by atoms with van der Waals surface area (Å²) in [6, 6.07) is 4.78. The summed E-state index contributed by atoms with van der Waals surface area (Å²) in [5.74, 6) is -11.1. The van der Waals surface area contributed by atoms with E-state index in [0.29, 0.717) is 28.5 Å². The van der Waals surface area contributed by atoms with E-state index in [0.717, 1.165) is 4.90 Å². The number of hydrogen-bond donors (Lipinski definition) is 12. The van der Waals surface area contributed by atoms with Crippen LogP contribution < -0.4 is 43.8 Å². The summed E-state index contributed by atoms with van der Waals surface area (Å²) in [6.45, 7) is -0.917. The summed E-state index contributed by atoms with van der Waals surface area (Å²) in [7, 11) is 0. The average molecular weight is 893 g/mol. The number of aliphatic hydroxyl groups excluding tert-OH is 1. The fraction of sp³-hybridized carbons (Fsp3) is 0.415. The molecule has 1 saturated heterocycles. The molecule has 4 rings (SSSR count). The summed E-state index contributed by atoms with van der Waals surface area (Å²) >= 11 is 0. The van der Waals surface area contributed by atoms with Gasteiger partial charge in [-0.2, -0.15) is 0 Å². The molecular formula is C41H52N10O13. The highest BCUT2D eigenvalue weighted by molar-refractivity contribution is 5.99. The van der Waals surface area contributed by atoms with Crippen LogP contribution in [0, 0.1) is 0 Å². The van der Waals surface area contributed by atoms with Gasteiger partial charge in [-0.1, -0.05) is 48.5 Å². The number of amides is 8. The van der Waals surface area contributed by atoms with Crippen LogP contribution >= 0.6 is 0 Å². The minimum Gasteiger partial charge on any atom is -0.481 e. The number of aromatic amines is 1. The van der Waals surface area contributed by atoms with Crippen LogP contribution in [0.5, 0.6) is 0 Å². The molecular weight excluding hydrogens is 841 g/mol. The molecule has 2 aromatic carbocycles. The second-order valence-corrected chi connectivity index (χ2v) is 15.1. The van der Waals surface area contributed by atoms with E-state index in [1.165, 1.54) is 0 Å². The van der Waals surface area contributed by atoms with E-state index in [2.05, 4.69) is 31.6 Å². The van der Waals surface area contributed by atoms with E-state index < -0.39 is 134 Å². The fourth-order valence-corrected chi connectivity index (χ4v) is 7.09. The van der Waals surface area contributed by atoms with E-state index in [4.69, 9.17) is 17.2 Å². The lowest BCUT2D eigenvalue weighted by Crippen LogP contribution is -2.60. The van der Waals surface area contributed by atoms with E-state index in [-0.39, 0.29) is 25.8 Å². The average Bonchev–Trinajstić information content (AvgIpc) is 3.91. The van der Waals surface area contributed by atoms with Crippen LogP contribution in [-0.4, -0.2) is 140 Å². The Morgan fingerprint density at radius 1 is 0.703 bits per heavy atom.